The zero-order valence-corrected chi connectivity index (χ0v) is 16.3. The van der Waals surface area contributed by atoms with Gasteiger partial charge >= 0.3 is 0 Å². The number of nitrogens with two attached hydrogens (primary N) is 1. The van der Waals surface area contributed by atoms with E-state index in [4.69, 9.17) is 15.5 Å². The smallest absolute Gasteiger partial charge is 0.248 e. The topological polar surface area (TPSA) is 81.3 Å². The van der Waals surface area contributed by atoms with E-state index < -0.39 is 5.91 Å². The van der Waals surface area contributed by atoms with Crippen LogP contribution >= 0.6 is 0 Å². The predicted octanol–water partition coefficient (Wildman–Crippen LogP) is 3.20. The van der Waals surface area contributed by atoms with E-state index >= 15 is 0 Å². The first-order valence-corrected chi connectivity index (χ1v) is 10.3. The second-order valence-corrected chi connectivity index (χ2v) is 7.81. The number of hydrogen-bond acceptors (Lipinski definition) is 5. The molecule has 1 saturated heterocycles. The standard InChI is InChI=1S/C22H28N4O2/c23-22(27)18-14-20(25-21(15-18)26-8-10-28-11-9-26)17-6-7-24-19(13-17)12-16-4-2-1-3-5-16/h6-7,13-16H,1-5,8-12H2,(H2,23,27). The summed E-state index contributed by atoms with van der Waals surface area (Å²) in [7, 11) is 0. The third-order valence-corrected chi connectivity index (χ3v) is 5.77. The third-order valence-electron chi connectivity index (χ3n) is 5.77. The first-order chi connectivity index (χ1) is 13.7. The molecular weight excluding hydrogens is 352 g/mol. The highest BCUT2D eigenvalue weighted by molar-refractivity contribution is 5.94. The summed E-state index contributed by atoms with van der Waals surface area (Å²) in [5, 5.41) is 0. The van der Waals surface area contributed by atoms with Gasteiger partial charge in [0.05, 0.1) is 18.9 Å². The molecule has 6 nitrogen and oxygen atoms in total. The van der Waals surface area contributed by atoms with Gasteiger partial charge in [0.15, 0.2) is 0 Å². The van der Waals surface area contributed by atoms with E-state index in [1.807, 2.05) is 12.3 Å². The summed E-state index contributed by atoms with van der Waals surface area (Å²) in [6.07, 6.45) is 9.47. The Balaban J connectivity index is 1.62. The molecule has 2 aliphatic rings. The molecule has 1 aliphatic carbocycles. The molecule has 2 aromatic heterocycles. The van der Waals surface area contributed by atoms with Crippen molar-refractivity contribution >= 4 is 11.7 Å². The average molecular weight is 380 g/mol. The molecule has 0 aromatic carbocycles. The van der Waals surface area contributed by atoms with Crippen molar-refractivity contribution in [1.29, 1.82) is 0 Å². The molecule has 0 unspecified atom stereocenters. The number of amides is 1. The van der Waals surface area contributed by atoms with Crippen LogP contribution in [-0.2, 0) is 11.2 Å². The maximum atomic E-state index is 11.9. The van der Waals surface area contributed by atoms with Gasteiger partial charge in [-0.1, -0.05) is 32.1 Å². The van der Waals surface area contributed by atoms with Crippen molar-refractivity contribution in [2.45, 2.75) is 38.5 Å². The number of primary amides is 1. The minimum Gasteiger partial charge on any atom is -0.378 e. The van der Waals surface area contributed by atoms with Crippen LogP contribution in [0.25, 0.3) is 11.3 Å². The Labute approximate surface area is 166 Å². The maximum Gasteiger partial charge on any atom is 0.248 e. The maximum absolute atomic E-state index is 11.9. The van der Waals surface area contributed by atoms with Gasteiger partial charge in [-0.15, -0.1) is 0 Å². The molecule has 4 rings (SSSR count). The van der Waals surface area contributed by atoms with E-state index in [9.17, 15) is 4.79 Å². The SMILES string of the molecule is NC(=O)c1cc(-c2ccnc(CC3CCCCC3)c2)nc(N2CCOCC2)c1. The first kappa shape index (κ1) is 18.9. The molecular formula is C22H28N4O2. The van der Waals surface area contributed by atoms with Gasteiger partial charge in [-0.05, 0) is 36.6 Å². The van der Waals surface area contributed by atoms with E-state index in [-0.39, 0.29) is 0 Å². The second-order valence-electron chi connectivity index (χ2n) is 7.81. The van der Waals surface area contributed by atoms with Crippen LogP contribution in [0.5, 0.6) is 0 Å². The van der Waals surface area contributed by atoms with Crippen LogP contribution in [0, 0.1) is 5.92 Å². The molecule has 0 bridgehead atoms. The van der Waals surface area contributed by atoms with Crippen LogP contribution in [0.15, 0.2) is 30.5 Å². The third kappa shape index (κ3) is 4.50. The molecule has 0 spiro atoms. The number of ether oxygens (including phenoxy) is 1. The highest BCUT2D eigenvalue weighted by atomic mass is 16.5. The lowest BCUT2D eigenvalue weighted by Crippen LogP contribution is -2.37. The second kappa shape index (κ2) is 8.69. The van der Waals surface area contributed by atoms with E-state index in [0.717, 1.165) is 48.2 Å². The summed E-state index contributed by atoms with van der Waals surface area (Å²) in [6.45, 7) is 2.85. The average Bonchev–Trinajstić information content (AvgIpc) is 2.75. The summed E-state index contributed by atoms with van der Waals surface area (Å²) >= 11 is 0. The number of aromatic nitrogens is 2. The Kier molecular flexibility index (Phi) is 5.86. The van der Waals surface area contributed by atoms with E-state index in [0.29, 0.717) is 18.8 Å². The number of rotatable bonds is 5. The minimum absolute atomic E-state index is 0.436. The molecule has 1 amide bonds. The lowest BCUT2D eigenvalue weighted by Gasteiger charge is -2.28. The van der Waals surface area contributed by atoms with Gasteiger partial charge in [0.1, 0.15) is 5.82 Å². The van der Waals surface area contributed by atoms with Crippen molar-refractivity contribution < 1.29 is 9.53 Å². The van der Waals surface area contributed by atoms with Crippen LogP contribution in [0.1, 0.15) is 48.2 Å². The lowest BCUT2D eigenvalue weighted by atomic mass is 9.86. The van der Waals surface area contributed by atoms with E-state index in [1.165, 1.54) is 32.1 Å². The molecule has 1 saturated carbocycles. The fraction of sp³-hybridized carbons (Fsp3) is 0.500. The zero-order chi connectivity index (χ0) is 19.3. The molecule has 1 aliphatic heterocycles. The number of hydrogen-bond donors (Lipinski definition) is 1. The quantitative estimate of drug-likeness (QED) is 0.861. The molecule has 2 N–H and O–H groups in total. The van der Waals surface area contributed by atoms with Gasteiger partial charge < -0.3 is 15.4 Å². The Morgan fingerprint density at radius 2 is 1.93 bits per heavy atom. The summed E-state index contributed by atoms with van der Waals surface area (Å²) in [5.41, 5.74) is 8.93. The van der Waals surface area contributed by atoms with Crippen molar-refractivity contribution in [2.24, 2.45) is 11.7 Å². The highest BCUT2D eigenvalue weighted by Crippen LogP contribution is 2.28. The summed E-state index contributed by atoms with van der Waals surface area (Å²) in [5.74, 6) is 1.07. The van der Waals surface area contributed by atoms with Gasteiger partial charge in [-0.2, -0.15) is 0 Å². The van der Waals surface area contributed by atoms with Crippen LogP contribution in [-0.4, -0.2) is 42.2 Å². The van der Waals surface area contributed by atoms with Crippen molar-refractivity contribution in [3.8, 4) is 11.3 Å². The molecule has 3 heterocycles. The van der Waals surface area contributed by atoms with E-state index in [2.05, 4.69) is 16.0 Å². The first-order valence-electron chi connectivity index (χ1n) is 10.3. The lowest BCUT2D eigenvalue weighted by molar-refractivity contribution is 0.1000. The molecule has 2 aromatic rings. The fourth-order valence-corrected chi connectivity index (χ4v) is 4.20. The number of anilines is 1. The van der Waals surface area contributed by atoms with Crippen LogP contribution < -0.4 is 10.6 Å². The van der Waals surface area contributed by atoms with Crippen molar-refractivity contribution in [3.05, 3.63) is 41.7 Å². The molecule has 148 valence electrons. The van der Waals surface area contributed by atoms with Gasteiger partial charge in [0.25, 0.3) is 0 Å². The Morgan fingerprint density at radius 3 is 2.68 bits per heavy atom. The number of pyridine rings is 2. The number of nitrogens with zero attached hydrogens (tertiary/aromatic N) is 3. The highest BCUT2D eigenvalue weighted by Gasteiger charge is 2.18. The Bertz CT molecular complexity index is 827. The van der Waals surface area contributed by atoms with Gasteiger partial charge in [0.2, 0.25) is 5.91 Å². The monoisotopic (exact) mass is 380 g/mol. The summed E-state index contributed by atoms with van der Waals surface area (Å²) in [4.78, 5) is 23.4. The molecule has 28 heavy (non-hydrogen) atoms. The summed E-state index contributed by atoms with van der Waals surface area (Å²) < 4.78 is 5.43. The summed E-state index contributed by atoms with van der Waals surface area (Å²) in [6, 6.07) is 7.64. The van der Waals surface area contributed by atoms with Crippen molar-refractivity contribution in [2.75, 3.05) is 31.2 Å². The van der Waals surface area contributed by atoms with Crippen LogP contribution in [0.3, 0.4) is 0 Å². The Hall–Kier alpha value is -2.47. The molecule has 6 heteroatoms. The fourth-order valence-electron chi connectivity index (χ4n) is 4.20. The van der Waals surface area contributed by atoms with Gasteiger partial charge in [-0.25, -0.2) is 4.98 Å². The molecule has 2 fully saturated rings. The van der Waals surface area contributed by atoms with Gasteiger partial charge in [0, 0.05) is 36.1 Å². The van der Waals surface area contributed by atoms with Gasteiger partial charge in [-0.3, -0.25) is 9.78 Å². The number of morpholine rings is 1. The van der Waals surface area contributed by atoms with Crippen molar-refractivity contribution in [1.82, 2.24) is 9.97 Å². The molecule has 0 radical (unpaired) electrons. The van der Waals surface area contributed by atoms with E-state index in [1.54, 1.807) is 12.1 Å². The Morgan fingerprint density at radius 1 is 1.14 bits per heavy atom. The molecule has 0 atom stereocenters. The minimum atomic E-state index is -0.436. The van der Waals surface area contributed by atoms with Crippen LogP contribution in [0.4, 0.5) is 5.82 Å². The normalized spacial score (nSPS) is 18.2. The van der Waals surface area contributed by atoms with Crippen LogP contribution in [0.2, 0.25) is 0 Å². The zero-order valence-electron chi connectivity index (χ0n) is 16.3. The number of carbonyl (C=O) groups is 1. The number of carbonyl (C=O) groups excluding carboxylic acids is 1. The largest absolute Gasteiger partial charge is 0.378 e. The predicted molar refractivity (Wildman–Crippen MR) is 109 cm³/mol. The van der Waals surface area contributed by atoms with Crippen molar-refractivity contribution in [3.63, 3.8) is 0 Å².